The molecule has 0 aromatic carbocycles. The molecule has 1 saturated heterocycles. The highest BCUT2D eigenvalue weighted by Gasteiger charge is 2.27. The van der Waals surface area contributed by atoms with Crippen molar-refractivity contribution >= 4 is 7.82 Å². The van der Waals surface area contributed by atoms with Crippen LogP contribution in [0.4, 0.5) is 0 Å². The highest BCUT2D eigenvalue weighted by molar-refractivity contribution is 7.46. The normalized spacial score (nSPS) is 23.4. The minimum atomic E-state index is -4.02. The summed E-state index contributed by atoms with van der Waals surface area (Å²) in [6.45, 7) is 3.31. The van der Waals surface area contributed by atoms with Crippen LogP contribution in [-0.4, -0.2) is 25.9 Å². The van der Waals surface area contributed by atoms with E-state index in [-0.39, 0.29) is 6.61 Å². The smallest absolute Gasteiger partial charge is 0.268 e. The lowest BCUT2D eigenvalue weighted by atomic mass is 10.0. The van der Waals surface area contributed by atoms with Crippen LogP contribution >= 0.6 is 7.82 Å². The summed E-state index contributed by atoms with van der Waals surface area (Å²) in [6, 6.07) is 0. The molecule has 1 aliphatic rings. The van der Waals surface area contributed by atoms with Crippen molar-refractivity contribution in [1.82, 2.24) is 0 Å². The summed E-state index contributed by atoms with van der Waals surface area (Å²) >= 11 is 0. The zero-order valence-electron chi connectivity index (χ0n) is 16.1. The summed E-state index contributed by atoms with van der Waals surface area (Å²) in [5, 5.41) is 0. The molecule has 1 unspecified atom stereocenters. The van der Waals surface area contributed by atoms with E-state index < -0.39 is 13.9 Å². The Balaban J connectivity index is 1.70. The fourth-order valence-electron chi connectivity index (χ4n) is 3.11. The third kappa shape index (κ3) is 13.9. The number of hydrogen-bond donors (Lipinski definition) is 0. The molecule has 150 valence electrons. The van der Waals surface area contributed by atoms with E-state index in [0.29, 0.717) is 13.2 Å². The maximum absolute atomic E-state index is 10.9. The third-order valence-corrected chi connectivity index (χ3v) is 5.66. The number of rotatable bonds is 17. The van der Waals surface area contributed by atoms with Gasteiger partial charge in [-0.3, -0.25) is 4.57 Å². The van der Waals surface area contributed by atoms with Gasteiger partial charge in [-0.25, -0.2) is 0 Å². The van der Waals surface area contributed by atoms with E-state index in [4.69, 9.17) is 9.26 Å². The number of phosphoric ester groups is 1. The molecular formula is C19H38O5P-. The van der Waals surface area contributed by atoms with Crippen molar-refractivity contribution in [2.24, 2.45) is 0 Å². The molecule has 1 heterocycles. The van der Waals surface area contributed by atoms with Gasteiger partial charge < -0.3 is 18.7 Å². The quantitative estimate of drug-likeness (QED) is 0.252. The topological polar surface area (TPSA) is 67.8 Å². The van der Waals surface area contributed by atoms with Crippen LogP contribution in [0.1, 0.15) is 96.8 Å². The molecule has 0 spiro atoms. The molecule has 0 bridgehead atoms. The van der Waals surface area contributed by atoms with Crippen LogP contribution in [0.25, 0.3) is 0 Å². The molecule has 25 heavy (non-hydrogen) atoms. The summed E-state index contributed by atoms with van der Waals surface area (Å²) in [6.07, 6.45) is 18.3. The molecule has 0 aromatic rings. The Hall–Kier alpha value is 0.0700. The van der Waals surface area contributed by atoms with Gasteiger partial charge >= 0.3 is 0 Å². The largest absolute Gasteiger partial charge is 0.756 e. The van der Waals surface area contributed by atoms with E-state index in [1.807, 2.05) is 0 Å². The molecule has 0 N–H and O–H groups in total. The Morgan fingerprint density at radius 3 is 1.80 bits per heavy atom. The number of ether oxygens (including phenoxy) is 1. The van der Waals surface area contributed by atoms with Crippen LogP contribution in [-0.2, 0) is 18.3 Å². The Kier molecular flexibility index (Phi) is 14.0. The zero-order valence-corrected chi connectivity index (χ0v) is 17.0. The first kappa shape index (κ1) is 23.1. The molecule has 6 heteroatoms. The molecule has 1 aliphatic heterocycles. The molecule has 1 rings (SSSR count). The van der Waals surface area contributed by atoms with Crippen molar-refractivity contribution in [2.75, 3.05) is 19.8 Å². The van der Waals surface area contributed by atoms with Crippen LogP contribution in [0.2, 0.25) is 0 Å². The van der Waals surface area contributed by atoms with Gasteiger partial charge in [0.2, 0.25) is 0 Å². The zero-order chi connectivity index (χ0) is 18.2. The van der Waals surface area contributed by atoms with Crippen molar-refractivity contribution in [1.29, 1.82) is 0 Å². The Labute approximate surface area is 154 Å². The van der Waals surface area contributed by atoms with Crippen molar-refractivity contribution < 1.29 is 23.2 Å². The minimum absolute atomic E-state index is 0.0829. The Bertz CT molecular complexity index is 351. The first-order chi connectivity index (χ1) is 12.1. The van der Waals surface area contributed by atoms with Crippen molar-refractivity contribution in [3.8, 4) is 0 Å². The molecule has 0 saturated carbocycles. The maximum atomic E-state index is 10.9. The van der Waals surface area contributed by atoms with E-state index in [0.717, 1.165) is 6.42 Å². The Morgan fingerprint density at radius 2 is 1.36 bits per heavy atom. The second-order valence-electron chi connectivity index (χ2n) is 7.14. The molecule has 0 radical (unpaired) electrons. The fourth-order valence-corrected chi connectivity index (χ4v) is 4.01. The lowest BCUT2D eigenvalue weighted by molar-refractivity contribution is -0.215. The second kappa shape index (κ2) is 15.2. The van der Waals surface area contributed by atoms with Crippen LogP contribution < -0.4 is 4.89 Å². The highest BCUT2D eigenvalue weighted by Crippen LogP contribution is 2.45. The molecule has 0 aliphatic carbocycles. The average molecular weight is 377 g/mol. The van der Waals surface area contributed by atoms with Gasteiger partial charge in [-0.05, 0) is 6.42 Å². The van der Waals surface area contributed by atoms with E-state index in [1.54, 1.807) is 0 Å². The Morgan fingerprint density at radius 1 is 0.880 bits per heavy atom. The summed E-state index contributed by atoms with van der Waals surface area (Å²) in [4.78, 5) is 10.9. The monoisotopic (exact) mass is 377 g/mol. The second-order valence-corrected chi connectivity index (χ2v) is 8.50. The van der Waals surface area contributed by atoms with Gasteiger partial charge in [-0.15, -0.1) is 0 Å². The van der Waals surface area contributed by atoms with E-state index in [2.05, 4.69) is 11.4 Å². The van der Waals surface area contributed by atoms with Gasteiger partial charge in [-0.1, -0.05) is 90.4 Å². The third-order valence-electron chi connectivity index (χ3n) is 4.64. The molecule has 2 atom stereocenters. The van der Waals surface area contributed by atoms with Crippen LogP contribution in [0, 0.1) is 0 Å². The van der Waals surface area contributed by atoms with E-state index in [1.165, 1.54) is 83.5 Å². The van der Waals surface area contributed by atoms with Gasteiger partial charge in [0.15, 0.2) is 0 Å². The molecular weight excluding hydrogens is 339 g/mol. The summed E-state index contributed by atoms with van der Waals surface area (Å²) in [5.41, 5.74) is 0. The predicted octanol–water partition coefficient (Wildman–Crippen LogP) is 5.37. The minimum Gasteiger partial charge on any atom is -0.756 e. The summed E-state index contributed by atoms with van der Waals surface area (Å²) < 4.78 is 25.6. The first-order valence-electron chi connectivity index (χ1n) is 10.4. The number of unbranched alkanes of at least 4 members (excludes halogenated alkanes) is 13. The van der Waals surface area contributed by atoms with Crippen molar-refractivity contribution in [2.45, 2.75) is 103 Å². The van der Waals surface area contributed by atoms with Crippen LogP contribution in [0.3, 0.4) is 0 Å². The van der Waals surface area contributed by atoms with E-state index in [9.17, 15) is 9.46 Å². The van der Waals surface area contributed by atoms with Gasteiger partial charge in [-0.2, -0.15) is 0 Å². The SMILES string of the molecule is CCCCCCCCCCCCCCCCOC[C@@H]1COP(=O)([O-])O1. The lowest BCUT2D eigenvalue weighted by Gasteiger charge is -2.14. The van der Waals surface area contributed by atoms with Crippen molar-refractivity contribution in [3.63, 3.8) is 0 Å². The molecule has 0 amide bonds. The maximum Gasteiger partial charge on any atom is 0.268 e. The first-order valence-corrected chi connectivity index (χ1v) is 11.8. The van der Waals surface area contributed by atoms with Crippen LogP contribution in [0.5, 0.6) is 0 Å². The number of phosphoric acid groups is 1. The lowest BCUT2D eigenvalue weighted by Crippen LogP contribution is -2.18. The average Bonchev–Trinajstić information content (AvgIpc) is 2.93. The predicted molar refractivity (Wildman–Crippen MR) is 99.6 cm³/mol. The fraction of sp³-hybridized carbons (Fsp3) is 1.00. The standard InChI is InChI=1S/C19H39O5P/c1-2-3-4-5-6-7-8-9-10-11-12-13-14-15-16-22-17-19-18-23-25(20,21)24-19/h19H,2-18H2,1H3,(H,20,21)/p-1/t19-/m1/s1. The van der Waals surface area contributed by atoms with Gasteiger partial charge in [0.25, 0.3) is 7.82 Å². The van der Waals surface area contributed by atoms with Gasteiger partial charge in [0.05, 0.1) is 13.2 Å². The van der Waals surface area contributed by atoms with Gasteiger partial charge in [0, 0.05) is 6.61 Å². The number of hydrogen-bond acceptors (Lipinski definition) is 5. The van der Waals surface area contributed by atoms with Gasteiger partial charge in [0.1, 0.15) is 6.10 Å². The molecule has 0 aromatic heterocycles. The summed E-state index contributed by atoms with van der Waals surface area (Å²) in [7, 11) is -4.02. The molecule has 5 nitrogen and oxygen atoms in total. The van der Waals surface area contributed by atoms with Crippen LogP contribution in [0.15, 0.2) is 0 Å². The van der Waals surface area contributed by atoms with Crippen molar-refractivity contribution in [3.05, 3.63) is 0 Å². The highest BCUT2D eigenvalue weighted by atomic mass is 31.2. The molecule has 1 fully saturated rings. The summed E-state index contributed by atoms with van der Waals surface area (Å²) in [5.74, 6) is 0. The van der Waals surface area contributed by atoms with E-state index >= 15 is 0 Å².